The second-order valence-corrected chi connectivity index (χ2v) is 8.20. The molecule has 0 bridgehead atoms. The van der Waals surface area contributed by atoms with Crippen LogP contribution in [0.25, 0.3) is 0 Å². The number of H-pyrrole nitrogens is 1. The number of aromatic nitrogens is 3. The third-order valence-corrected chi connectivity index (χ3v) is 5.88. The minimum atomic E-state index is -4.61. The van der Waals surface area contributed by atoms with E-state index in [0.29, 0.717) is 24.2 Å². The van der Waals surface area contributed by atoms with Crippen LogP contribution in [0.1, 0.15) is 36.1 Å². The van der Waals surface area contributed by atoms with Crippen LogP contribution >= 0.6 is 0 Å². The summed E-state index contributed by atoms with van der Waals surface area (Å²) in [7, 11) is 1.51. The second kappa shape index (κ2) is 10.3. The van der Waals surface area contributed by atoms with Gasteiger partial charge in [-0.1, -0.05) is 18.2 Å². The van der Waals surface area contributed by atoms with Crippen molar-refractivity contribution in [3.63, 3.8) is 0 Å². The molecule has 1 N–H and O–H groups in total. The number of carbonyl (C=O) groups excluding carboxylic acids is 1. The Morgan fingerprint density at radius 2 is 1.92 bits per heavy atom. The highest BCUT2D eigenvalue weighted by Gasteiger charge is 2.40. The van der Waals surface area contributed by atoms with E-state index in [-0.39, 0.29) is 29.5 Å². The van der Waals surface area contributed by atoms with Gasteiger partial charge in [0.1, 0.15) is 6.04 Å². The average molecular weight is 513 g/mol. The van der Waals surface area contributed by atoms with Gasteiger partial charge in [0.25, 0.3) is 0 Å². The van der Waals surface area contributed by atoms with E-state index in [1.807, 2.05) is 6.07 Å². The largest absolute Gasteiger partial charge is 0.462 e. The van der Waals surface area contributed by atoms with Gasteiger partial charge in [0.15, 0.2) is 0 Å². The molecule has 9 nitrogen and oxygen atoms in total. The van der Waals surface area contributed by atoms with E-state index in [1.165, 1.54) is 40.8 Å². The van der Waals surface area contributed by atoms with Crippen LogP contribution in [0.3, 0.4) is 0 Å². The van der Waals surface area contributed by atoms with Crippen LogP contribution in [0.15, 0.2) is 64.6 Å². The van der Waals surface area contributed by atoms with Crippen LogP contribution < -0.4 is 10.6 Å². The third-order valence-electron chi connectivity index (χ3n) is 5.88. The number of halogens is 3. The molecule has 1 aromatic heterocycles. The lowest BCUT2D eigenvalue weighted by atomic mass is 9.93. The number of allylic oxidation sites excluding steroid dienone is 1. The number of benzene rings is 2. The van der Waals surface area contributed by atoms with E-state index in [1.54, 1.807) is 19.1 Å². The molecule has 0 amide bonds. The number of fused-ring (bicyclic) bond motifs is 1. The molecular formula is C25H22F3N5O4. The molecule has 2 heterocycles. The molecule has 2 aromatic carbocycles. The Morgan fingerprint density at radius 3 is 2.57 bits per heavy atom. The van der Waals surface area contributed by atoms with E-state index < -0.39 is 29.4 Å². The first kappa shape index (κ1) is 25.7. The first-order valence-electron chi connectivity index (χ1n) is 11.2. The van der Waals surface area contributed by atoms with Crippen molar-refractivity contribution in [2.45, 2.75) is 25.6 Å². The fraction of sp³-hybridized carbons (Fsp3) is 0.280. The molecule has 1 aliphatic rings. The number of anilines is 2. The molecule has 37 heavy (non-hydrogen) atoms. The zero-order chi connectivity index (χ0) is 26.7. The summed E-state index contributed by atoms with van der Waals surface area (Å²) < 4.78 is 52.0. The number of hydrogen-bond donors (Lipinski definition) is 1. The van der Waals surface area contributed by atoms with E-state index in [4.69, 9.17) is 9.47 Å². The topological polar surface area (TPSA) is 113 Å². The number of rotatable bonds is 7. The summed E-state index contributed by atoms with van der Waals surface area (Å²) in [6.45, 7) is 1.93. The predicted molar refractivity (Wildman–Crippen MR) is 126 cm³/mol. The van der Waals surface area contributed by atoms with Crippen molar-refractivity contribution in [2.75, 3.05) is 25.2 Å². The zero-order valence-corrected chi connectivity index (χ0v) is 19.9. The molecule has 0 saturated heterocycles. The Kier molecular flexibility index (Phi) is 7.17. The Hall–Kier alpha value is -4.37. The predicted octanol–water partition coefficient (Wildman–Crippen LogP) is 4.06. The number of methoxy groups -OCH3 is 1. The molecule has 12 heteroatoms. The van der Waals surface area contributed by atoms with E-state index in [2.05, 4.69) is 10.2 Å². The third kappa shape index (κ3) is 4.99. The summed E-state index contributed by atoms with van der Waals surface area (Å²) in [6.07, 6.45) is -4.19. The minimum Gasteiger partial charge on any atom is -0.462 e. The lowest BCUT2D eigenvalue weighted by Gasteiger charge is -2.35. The molecule has 3 aromatic rings. The number of carbonyl (C=O) groups is 1. The maximum atomic E-state index is 13.5. The van der Waals surface area contributed by atoms with Gasteiger partial charge in [-0.25, -0.2) is 19.3 Å². The van der Waals surface area contributed by atoms with Gasteiger partial charge in [-0.2, -0.15) is 18.4 Å². The summed E-state index contributed by atoms with van der Waals surface area (Å²) in [5, 5.41) is 15.6. The highest BCUT2D eigenvalue weighted by molar-refractivity contribution is 5.93. The van der Waals surface area contributed by atoms with Gasteiger partial charge in [0, 0.05) is 31.5 Å². The van der Waals surface area contributed by atoms with Crippen LogP contribution in [0.2, 0.25) is 0 Å². The van der Waals surface area contributed by atoms with Crippen LogP contribution in [0.5, 0.6) is 0 Å². The van der Waals surface area contributed by atoms with Crippen molar-refractivity contribution in [2.24, 2.45) is 0 Å². The molecule has 1 unspecified atom stereocenters. The number of alkyl halides is 3. The Morgan fingerprint density at radius 1 is 1.19 bits per heavy atom. The summed E-state index contributed by atoms with van der Waals surface area (Å²) in [5.74, 6) is -0.759. The number of ether oxygens (including phenoxy) is 2. The second-order valence-electron chi connectivity index (χ2n) is 8.20. The van der Waals surface area contributed by atoms with Gasteiger partial charge < -0.3 is 9.47 Å². The maximum Gasteiger partial charge on any atom is 0.416 e. The number of aromatic amines is 1. The van der Waals surface area contributed by atoms with E-state index in [9.17, 15) is 28.0 Å². The summed E-state index contributed by atoms with van der Waals surface area (Å²) in [6, 6.07) is 11.8. The molecular weight excluding hydrogens is 491 g/mol. The Bertz CT molecular complexity index is 1430. The van der Waals surface area contributed by atoms with Gasteiger partial charge in [-0.05, 0) is 42.8 Å². The van der Waals surface area contributed by atoms with Crippen LogP contribution in [-0.2, 0) is 20.4 Å². The van der Waals surface area contributed by atoms with Crippen molar-refractivity contribution < 1.29 is 27.4 Å². The average Bonchev–Trinajstić information content (AvgIpc) is 3.26. The van der Waals surface area contributed by atoms with Crippen molar-refractivity contribution in [3.8, 4) is 6.07 Å². The molecule has 0 saturated carbocycles. The van der Waals surface area contributed by atoms with Crippen LogP contribution in [-0.4, -0.2) is 41.1 Å². The van der Waals surface area contributed by atoms with Crippen LogP contribution in [0.4, 0.5) is 24.8 Å². The number of nitrogens with one attached hydrogen (secondary N) is 1. The monoisotopic (exact) mass is 513 g/mol. The van der Waals surface area contributed by atoms with Crippen LogP contribution in [0, 0.1) is 11.3 Å². The van der Waals surface area contributed by atoms with E-state index in [0.717, 1.165) is 12.1 Å². The summed E-state index contributed by atoms with van der Waals surface area (Å²) in [4.78, 5) is 27.6. The molecule has 0 spiro atoms. The summed E-state index contributed by atoms with van der Waals surface area (Å²) >= 11 is 0. The van der Waals surface area contributed by atoms with Crippen molar-refractivity contribution >= 4 is 17.6 Å². The Balaban J connectivity index is 1.91. The molecule has 192 valence electrons. The van der Waals surface area contributed by atoms with Gasteiger partial charge in [-0.3, -0.25) is 4.90 Å². The molecule has 4 rings (SSSR count). The molecule has 0 radical (unpaired) electrons. The first-order chi connectivity index (χ1) is 17.7. The fourth-order valence-electron chi connectivity index (χ4n) is 4.18. The van der Waals surface area contributed by atoms with Gasteiger partial charge in [0.2, 0.25) is 5.95 Å². The Labute approximate surface area is 209 Å². The number of nitrogens with zero attached hydrogens (tertiary/aromatic N) is 4. The zero-order valence-electron chi connectivity index (χ0n) is 19.9. The molecule has 0 aliphatic carbocycles. The van der Waals surface area contributed by atoms with E-state index >= 15 is 0 Å². The van der Waals surface area contributed by atoms with Crippen molar-refractivity contribution in [1.29, 1.82) is 5.26 Å². The van der Waals surface area contributed by atoms with Crippen molar-refractivity contribution in [1.82, 2.24) is 14.8 Å². The minimum absolute atomic E-state index is 0.00730. The standard InChI is InChI=1S/C25H22F3N5O4/c1-15-20(22(34)37-12-4-11-36-2)21(17-9-7-16(14-29)8-10-17)33-23(30-31-24(33)35)32(15)19-6-3-5-18(13-19)25(26,27)28/h3,5-10,13,21H,4,11-12H2,1-2H3,(H,31,35). The van der Waals surface area contributed by atoms with Gasteiger partial charge >= 0.3 is 17.8 Å². The fourth-order valence-corrected chi connectivity index (χ4v) is 4.18. The van der Waals surface area contributed by atoms with Gasteiger partial charge in [-0.15, -0.1) is 5.10 Å². The highest BCUT2D eigenvalue weighted by Crippen LogP contribution is 2.42. The van der Waals surface area contributed by atoms with Gasteiger partial charge in [0.05, 0.1) is 29.4 Å². The maximum absolute atomic E-state index is 13.5. The normalized spacial score (nSPS) is 15.4. The SMILES string of the molecule is COCCCOC(=O)C1=C(C)N(c2cccc(C(F)(F)F)c2)c2n[nH]c(=O)n2C1c1ccc(C#N)cc1. The molecule has 1 atom stereocenters. The van der Waals surface area contributed by atoms with Crippen molar-refractivity contribution in [3.05, 3.63) is 87.0 Å². The number of nitriles is 1. The lowest BCUT2D eigenvalue weighted by Crippen LogP contribution is -2.38. The lowest BCUT2D eigenvalue weighted by molar-refractivity contribution is -0.140. The molecule has 0 fully saturated rings. The summed E-state index contributed by atoms with van der Waals surface area (Å²) in [5.41, 5.74) is -0.411. The molecule has 1 aliphatic heterocycles. The number of hydrogen-bond acceptors (Lipinski definition) is 7. The quantitative estimate of drug-likeness (QED) is 0.375. The first-order valence-corrected chi connectivity index (χ1v) is 11.2. The highest BCUT2D eigenvalue weighted by atomic mass is 19.4. The number of esters is 1. The smallest absolute Gasteiger partial charge is 0.416 e.